The lowest BCUT2D eigenvalue weighted by molar-refractivity contribution is 0.928. The second kappa shape index (κ2) is 6.48. The van der Waals surface area contributed by atoms with E-state index in [4.69, 9.17) is 4.98 Å². The van der Waals surface area contributed by atoms with Gasteiger partial charge in [-0.3, -0.25) is 0 Å². The zero-order valence-corrected chi connectivity index (χ0v) is 13.4. The predicted octanol–water partition coefficient (Wildman–Crippen LogP) is 4.39. The second-order valence-electron chi connectivity index (χ2n) is 5.50. The van der Waals surface area contributed by atoms with Crippen LogP contribution >= 0.6 is 11.8 Å². The lowest BCUT2D eigenvalue weighted by Gasteiger charge is -2.08. The fourth-order valence-corrected chi connectivity index (χ4v) is 3.16. The number of hydrogen-bond donors (Lipinski definition) is 1. The molecule has 0 saturated heterocycles. The predicted molar refractivity (Wildman–Crippen MR) is 88.9 cm³/mol. The monoisotopic (exact) mass is 299 g/mol. The third-order valence-corrected chi connectivity index (χ3v) is 4.49. The molecule has 110 valence electrons. The lowest BCUT2D eigenvalue weighted by Crippen LogP contribution is -2.05. The van der Waals surface area contributed by atoms with E-state index in [1.165, 1.54) is 29.0 Å². The quantitative estimate of drug-likeness (QED) is 0.803. The number of thioether (sulfide) groups is 1. The molecule has 4 heteroatoms. The molecule has 1 aromatic carbocycles. The van der Waals surface area contributed by atoms with Crippen LogP contribution in [0.25, 0.3) is 0 Å². The Kier molecular flexibility index (Phi) is 4.44. The van der Waals surface area contributed by atoms with E-state index in [1.54, 1.807) is 11.8 Å². The van der Waals surface area contributed by atoms with Crippen molar-refractivity contribution in [1.82, 2.24) is 9.97 Å². The van der Waals surface area contributed by atoms with Crippen LogP contribution < -0.4 is 5.32 Å². The second-order valence-corrected chi connectivity index (χ2v) is 6.55. The number of aryl methyl sites for hydroxylation is 1. The summed E-state index contributed by atoms with van der Waals surface area (Å²) in [6.45, 7) is 5.11. The van der Waals surface area contributed by atoms with E-state index in [1.807, 2.05) is 0 Å². The van der Waals surface area contributed by atoms with E-state index in [-0.39, 0.29) is 0 Å². The highest BCUT2D eigenvalue weighted by atomic mass is 32.2. The molecule has 0 radical (unpaired) electrons. The van der Waals surface area contributed by atoms with Crippen LogP contribution in [0.3, 0.4) is 0 Å². The highest BCUT2D eigenvalue weighted by Crippen LogP contribution is 2.39. The number of anilines is 1. The molecular weight excluding hydrogens is 278 g/mol. The molecule has 1 saturated carbocycles. The third-order valence-electron chi connectivity index (χ3n) is 3.50. The summed E-state index contributed by atoms with van der Waals surface area (Å²) in [5, 5.41) is 3.32. The first kappa shape index (κ1) is 14.4. The van der Waals surface area contributed by atoms with E-state index in [9.17, 15) is 0 Å². The van der Waals surface area contributed by atoms with Gasteiger partial charge in [-0.25, -0.2) is 9.97 Å². The highest BCUT2D eigenvalue weighted by Gasteiger charge is 2.26. The smallest absolute Gasteiger partial charge is 0.141 e. The summed E-state index contributed by atoms with van der Waals surface area (Å²) in [6.07, 6.45) is 2.54. The van der Waals surface area contributed by atoms with Crippen molar-refractivity contribution in [2.45, 2.75) is 43.3 Å². The third kappa shape index (κ3) is 3.97. The van der Waals surface area contributed by atoms with Crippen molar-refractivity contribution < 1.29 is 0 Å². The van der Waals surface area contributed by atoms with Gasteiger partial charge < -0.3 is 5.32 Å². The average molecular weight is 299 g/mol. The molecule has 0 atom stereocenters. The van der Waals surface area contributed by atoms with Gasteiger partial charge in [0.1, 0.15) is 11.6 Å². The maximum absolute atomic E-state index is 4.74. The minimum absolute atomic E-state index is 0.660. The molecule has 1 heterocycles. The number of rotatable bonds is 6. The summed E-state index contributed by atoms with van der Waals surface area (Å²) < 4.78 is 0. The maximum atomic E-state index is 4.74. The molecule has 0 aliphatic heterocycles. The number of hydrogen-bond acceptors (Lipinski definition) is 4. The largest absolute Gasteiger partial charge is 0.370 e. The van der Waals surface area contributed by atoms with Crippen LogP contribution in [0.15, 0.2) is 35.2 Å². The van der Waals surface area contributed by atoms with Crippen molar-refractivity contribution in [1.29, 1.82) is 0 Å². The topological polar surface area (TPSA) is 37.8 Å². The van der Waals surface area contributed by atoms with Crippen LogP contribution in [-0.2, 0) is 5.75 Å². The van der Waals surface area contributed by atoms with Gasteiger partial charge in [0.25, 0.3) is 0 Å². The zero-order valence-electron chi connectivity index (χ0n) is 12.6. The normalized spacial score (nSPS) is 14.2. The van der Waals surface area contributed by atoms with Crippen LogP contribution in [-0.4, -0.2) is 16.5 Å². The highest BCUT2D eigenvalue weighted by molar-refractivity contribution is 7.98. The fourth-order valence-electron chi connectivity index (χ4n) is 2.30. The molecule has 0 bridgehead atoms. The Morgan fingerprint density at radius 2 is 2.10 bits per heavy atom. The molecule has 3 nitrogen and oxygen atoms in total. The molecule has 1 aliphatic rings. The SMILES string of the molecule is CCNc1cc(C2CC2)nc(CSc2cccc(C)c2)n1. The van der Waals surface area contributed by atoms with Gasteiger partial charge >= 0.3 is 0 Å². The molecule has 1 N–H and O–H groups in total. The summed E-state index contributed by atoms with van der Waals surface area (Å²) in [4.78, 5) is 10.6. The first-order chi connectivity index (χ1) is 10.2. The van der Waals surface area contributed by atoms with Crippen LogP contribution in [0.2, 0.25) is 0 Å². The van der Waals surface area contributed by atoms with Gasteiger partial charge in [-0.1, -0.05) is 17.7 Å². The Morgan fingerprint density at radius 3 is 2.81 bits per heavy atom. The van der Waals surface area contributed by atoms with Crippen LogP contribution in [0.4, 0.5) is 5.82 Å². The van der Waals surface area contributed by atoms with Gasteiger partial charge in [0, 0.05) is 29.1 Å². The number of aromatic nitrogens is 2. The molecule has 1 aromatic heterocycles. The molecule has 21 heavy (non-hydrogen) atoms. The minimum Gasteiger partial charge on any atom is -0.370 e. The van der Waals surface area contributed by atoms with E-state index >= 15 is 0 Å². The molecule has 0 amide bonds. The van der Waals surface area contributed by atoms with Crippen molar-refractivity contribution >= 4 is 17.6 Å². The van der Waals surface area contributed by atoms with Gasteiger partial charge in [0.2, 0.25) is 0 Å². The number of nitrogens with zero attached hydrogens (tertiary/aromatic N) is 2. The summed E-state index contributed by atoms with van der Waals surface area (Å²) in [6, 6.07) is 10.7. The molecule has 0 spiro atoms. The molecule has 2 aromatic rings. The van der Waals surface area contributed by atoms with Gasteiger partial charge in [-0.05, 0) is 38.8 Å². The summed E-state index contributed by atoms with van der Waals surface area (Å²) in [7, 11) is 0. The fraction of sp³-hybridized carbons (Fsp3) is 0.412. The van der Waals surface area contributed by atoms with Gasteiger partial charge in [-0.2, -0.15) is 0 Å². The molecular formula is C17H21N3S. The maximum Gasteiger partial charge on any atom is 0.141 e. The molecule has 1 fully saturated rings. The molecule has 0 unspecified atom stereocenters. The minimum atomic E-state index is 0.660. The Morgan fingerprint density at radius 1 is 1.24 bits per heavy atom. The van der Waals surface area contributed by atoms with E-state index < -0.39 is 0 Å². The molecule has 3 rings (SSSR count). The zero-order chi connectivity index (χ0) is 14.7. The standard InChI is InChI=1S/C17H21N3S/c1-3-18-16-10-15(13-7-8-13)19-17(20-16)11-21-14-6-4-5-12(2)9-14/h4-6,9-10,13H,3,7-8,11H2,1-2H3,(H,18,19,20). The van der Waals surface area contributed by atoms with E-state index in [0.29, 0.717) is 5.92 Å². The van der Waals surface area contributed by atoms with E-state index in [2.05, 4.69) is 54.5 Å². The van der Waals surface area contributed by atoms with Gasteiger partial charge in [-0.15, -0.1) is 11.8 Å². The van der Waals surface area contributed by atoms with Crippen LogP contribution in [0.5, 0.6) is 0 Å². The number of nitrogens with one attached hydrogen (secondary N) is 1. The van der Waals surface area contributed by atoms with Crippen LogP contribution in [0.1, 0.15) is 42.8 Å². The summed E-state index contributed by atoms with van der Waals surface area (Å²) in [5.41, 5.74) is 2.50. The Labute approximate surface area is 130 Å². The van der Waals surface area contributed by atoms with Crippen molar-refractivity contribution in [3.8, 4) is 0 Å². The lowest BCUT2D eigenvalue weighted by atomic mass is 10.2. The van der Waals surface area contributed by atoms with Crippen molar-refractivity contribution in [2.75, 3.05) is 11.9 Å². The van der Waals surface area contributed by atoms with Crippen molar-refractivity contribution in [3.05, 3.63) is 47.4 Å². The Hall–Kier alpha value is -1.55. The van der Waals surface area contributed by atoms with Crippen LogP contribution in [0, 0.1) is 6.92 Å². The molecule has 1 aliphatic carbocycles. The first-order valence-corrected chi connectivity index (χ1v) is 8.54. The van der Waals surface area contributed by atoms with Crippen molar-refractivity contribution in [2.24, 2.45) is 0 Å². The average Bonchev–Trinajstić information content (AvgIpc) is 3.30. The first-order valence-electron chi connectivity index (χ1n) is 7.56. The van der Waals surface area contributed by atoms with Crippen molar-refractivity contribution in [3.63, 3.8) is 0 Å². The van der Waals surface area contributed by atoms with Gasteiger partial charge in [0.05, 0.1) is 5.75 Å². The Bertz CT molecular complexity index is 623. The Balaban J connectivity index is 1.74. The number of benzene rings is 1. The van der Waals surface area contributed by atoms with E-state index in [0.717, 1.165) is 23.9 Å². The summed E-state index contributed by atoms with van der Waals surface area (Å²) >= 11 is 1.80. The summed E-state index contributed by atoms with van der Waals surface area (Å²) in [5.74, 6) is 3.38. The van der Waals surface area contributed by atoms with Gasteiger partial charge in [0.15, 0.2) is 0 Å².